The van der Waals surface area contributed by atoms with E-state index in [4.69, 9.17) is 5.73 Å². The maximum absolute atomic E-state index is 12.3. The molecule has 1 aromatic heterocycles. The SMILES string of the molecule is CCCN(CCC)S(=O)(=O)CC(N)c1ccccn1. The van der Waals surface area contributed by atoms with Gasteiger partial charge in [-0.1, -0.05) is 19.9 Å². The summed E-state index contributed by atoms with van der Waals surface area (Å²) in [7, 11) is -3.33. The Morgan fingerprint density at radius 3 is 2.37 bits per heavy atom. The van der Waals surface area contributed by atoms with E-state index in [0.717, 1.165) is 12.8 Å². The van der Waals surface area contributed by atoms with Gasteiger partial charge in [-0.25, -0.2) is 12.7 Å². The van der Waals surface area contributed by atoms with Gasteiger partial charge >= 0.3 is 0 Å². The van der Waals surface area contributed by atoms with Crippen molar-refractivity contribution in [2.75, 3.05) is 18.8 Å². The molecule has 2 N–H and O–H groups in total. The van der Waals surface area contributed by atoms with Crippen LogP contribution in [0, 0.1) is 0 Å². The van der Waals surface area contributed by atoms with Crippen LogP contribution in [-0.4, -0.2) is 36.5 Å². The monoisotopic (exact) mass is 285 g/mol. The highest BCUT2D eigenvalue weighted by Crippen LogP contribution is 2.13. The number of pyridine rings is 1. The Morgan fingerprint density at radius 1 is 1.26 bits per heavy atom. The molecule has 0 saturated heterocycles. The first-order valence-electron chi connectivity index (χ1n) is 6.65. The van der Waals surface area contributed by atoms with Crippen molar-refractivity contribution in [3.63, 3.8) is 0 Å². The quantitative estimate of drug-likeness (QED) is 0.786. The van der Waals surface area contributed by atoms with Gasteiger partial charge in [0.2, 0.25) is 10.0 Å². The molecule has 1 atom stereocenters. The fraction of sp³-hybridized carbons (Fsp3) is 0.615. The Kier molecular flexibility index (Phi) is 6.41. The molecule has 0 spiro atoms. The number of sulfonamides is 1. The third-order valence-corrected chi connectivity index (χ3v) is 4.73. The highest BCUT2D eigenvalue weighted by atomic mass is 32.2. The summed E-state index contributed by atoms with van der Waals surface area (Å²) in [6, 6.07) is 4.77. The average molecular weight is 285 g/mol. The summed E-state index contributed by atoms with van der Waals surface area (Å²) in [5, 5.41) is 0. The molecule has 1 aromatic rings. The van der Waals surface area contributed by atoms with E-state index in [1.165, 1.54) is 4.31 Å². The van der Waals surface area contributed by atoms with Crippen LogP contribution < -0.4 is 5.73 Å². The zero-order valence-electron chi connectivity index (χ0n) is 11.6. The molecular formula is C13H23N3O2S. The van der Waals surface area contributed by atoms with Gasteiger partial charge in [0.15, 0.2) is 0 Å². The van der Waals surface area contributed by atoms with Crippen molar-refractivity contribution in [3.05, 3.63) is 30.1 Å². The van der Waals surface area contributed by atoms with Crippen molar-refractivity contribution >= 4 is 10.0 Å². The largest absolute Gasteiger partial charge is 0.322 e. The third-order valence-electron chi connectivity index (χ3n) is 2.80. The molecule has 0 bridgehead atoms. The van der Waals surface area contributed by atoms with E-state index in [0.29, 0.717) is 18.8 Å². The molecule has 0 aromatic carbocycles. The lowest BCUT2D eigenvalue weighted by atomic mass is 10.2. The number of hydrogen-bond acceptors (Lipinski definition) is 4. The summed E-state index contributed by atoms with van der Waals surface area (Å²) >= 11 is 0. The molecule has 1 unspecified atom stereocenters. The second kappa shape index (κ2) is 7.57. The van der Waals surface area contributed by atoms with E-state index < -0.39 is 16.1 Å². The molecule has 19 heavy (non-hydrogen) atoms. The minimum atomic E-state index is -3.33. The highest BCUT2D eigenvalue weighted by Gasteiger charge is 2.24. The summed E-state index contributed by atoms with van der Waals surface area (Å²) in [4.78, 5) is 4.11. The van der Waals surface area contributed by atoms with Crippen LogP contribution in [0.15, 0.2) is 24.4 Å². The van der Waals surface area contributed by atoms with Crippen LogP contribution in [0.5, 0.6) is 0 Å². The van der Waals surface area contributed by atoms with Crippen molar-refractivity contribution < 1.29 is 8.42 Å². The maximum atomic E-state index is 12.3. The summed E-state index contributed by atoms with van der Waals surface area (Å²) in [5.41, 5.74) is 6.55. The lowest BCUT2D eigenvalue weighted by molar-refractivity contribution is 0.407. The molecular weight excluding hydrogens is 262 g/mol. The van der Waals surface area contributed by atoms with Crippen molar-refractivity contribution in [2.45, 2.75) is 32.7 Å². The molecule has 0 amide bonds. The number of nitrogens with zero attached hydrogens (tertiary/aromatic N) is 2. The Morgan fingerprint density at radius 2 is 1.89 bits per heavy atom. The number of aromatic nitrogens is 1. The normalized spacial score (nSPS) is 13.7. The third kappa shape index (κ3) is 4.89. The Hall–Kier alpha value is -0.980. The summed E-state index contributed by atoms with van der Waals surface area (Å²) in [5.74, 6) is -0.0932. The van der Waals surface area contributed by atoms with Crippen molar-refractivity contribution in [2.24, 2.45) is 5.73 Å². The Bertz CT molecular complexity index is 456. The van der Waals surface area contributed by atoms with Gasteiger partial charge in [0.1, 0.15) is 0 Å². The van der Waals surface area contributed by atoms with E-state index in [1.807, 2.05) is 19.9 Å². The molecule has 0 radical (unpaired) electrons. The fourth-order valence-corrected chi connectivity index (χ4v) is 3.66. The van der Waals surface area contributed by atoms with Gasteiger partial charge in [-0.15, -0.1) is 0 Å². The van der Waals surface area contributed by atoms with Gasteiger partial charge in [0.05, 0.1) is 17.5 Å². The van der Waals surface area contributed by atoms with Crippen LogP contribution in [0.3, 0.4) is 0 Å². The van der Waals surface area contributed by atoms with Crippen LogP contribution in [0.4, 0.5) is 0 Å². The molecule has 108 valence electrons. The number of hydrogen-bond donors (Lipinski definition) is 1. The Labute approximate surface area is 115 Å². The first-order chi connectivity index (χ1) is 9.01. The molecule has 0 aliphatic carbocycles. The summed E-state index contributed by atoms with van der Waals surface area (Å²) in [6.45, 7) is 5.03. The molecule has 0 fully saturated rings. The van der Waals surface area contributed by atoms with Crippen LogP contribution in [0.25, 0.3) is 0 Å². The molecule has 0 aliphatic rings. The van der Waals surface area contributed by atoms with Gasteiger partial charge < -0.3 is 5.73 Å². The van der Waals surface area contributed by atoms with Crippen LogP contribution in [0.1, 0.15) is 38.4 Å². The average Bonchev–Trinajstić information content (AvgIpc) is 2.39. The van der Waals surface area contributed by atoms with Crippen molar-refractivity contribution in [3.8, 4) is 0 Å². The topological polar surface area (TPSA) is 76.3 Å². The first kappa shape index (κ1) is 16.1. The smallest absolute Gasteiger partial charge is 0.216 e. The maximum Gasteiger partial charge on any atom is 0.216 e. The van der Waals surface area contributed by atoms with E-state index in [9.17, 15) is 8.42 Å². The second-order valence-electron chi connectivity index (χ2n) is 4.54. The predicted octanol–water partition coefficient (Wildman–Crippen LogP) is 1.53. The number of rotatable bonds is 8. The van der Waals surface area contributed by atoms with Gasteiger partial charge in [-0.2, -0.15) is 0 Å². The Balaban J connectivity index is 2.77. The molecule has 0 aliphatic heterocycles. The van der Waals surface area contributed by atoms with Crippen LogP contribution in [-0.2, 0) is 10.0 Å². The van der Waals surface area contributed by atoms with E-state index in [1.54, 1.807) is 18.3 Å². The molecule has 6 heteroatoms. The molecule has 5 nitrogen and oxygen atoms in total. The lowest BCUT2D eigenvalue weighted by Crippen LogP contribution is -2.37. The summed E-state index contributed by atoms with van der Waals surface area (Å²) < 4.78 is 26.1. The molecule has 1 heterocycles. The number of nitrogens with two attached hydrogens (primary N) is 1. The minimum Gasteiger partial charge on any atom is -0.322 e. The van der Waals surface area contributed by atoms with Gasteiger partial charge in [0, 0.05) is 19.3 Å². The minimum absolute atomic E-state index is 0.0932. The van der Waals surface area contributed by atoms with E-state index in [2.05, 4.69) is 4.98 Å². The van der Waals surface area contributed by atoms with Crippen molar-refractivity contribution in [1.29, 1.82) is 0 Å². The molecule has 0 saturated carbocycles. The predicted molar refractivity (Wildman–Crippen MR) is 77.1 cm³/mol. The zero-order valence-corrected chi connectivity index (χ0v) is 12.4. The fourth-order valence-electron chi connectivity index (χ4n) is 1.90. The highest BCUT2D eigenvalue weighted by molar-refractivity contribution is 7.89. The van der Waals surface area contributed by atoms with Gasteiger partial charge in [-0.3, -0.25) is 4.98 Å². The lowest BCUT2D eigenvalue weighted by Gasteiger charge is -2.22. The first-order valence-corrected chi connectivity index (χ1v) is 8.26. The molecule has 1 rings (SSSR count). The van der Waals surface area contributed by atoms with Crippen LogP contribution >= 0.6 is 0 Å². The van der Waals surface area contributed by atoms with Crippen LogP contribution in [0.2, 0.25) is 0 Å². The van der Waals surface area contributed by atoms with Gasteiger partial charge in [-0.05, 0) is 25.0 Å². The summed E-state index contributed by atoms with van der Waals surface area (Å²) in [6.07, 6.45) is 3.23. The standard InChI is InChI=1S/C13H23N3O2S/c1-3-9-16(10-4-2)19(17,18)11-12(14)13-7-5-6-8-15-13/h5-8,12H,3-4,9-11,14H2,1-2H3. The van der Waals surface area contributed by atoms with E-state index >= 15 is 0 Å². The second-order valence-corrected chi connectivity index (χ2v) is 6.55. The van der Waals surface area contributed by atoms with E-state index in [-0.39, 0.29) is 5.75 Å². The zero-order chi connectivity index (χ0) is 14.3. The van der Waals surface area contributed by atoms with Gasteiger partial charge in [0.25, 0.3) is 0 Å². The van der Waals surface area contributed by atoms with Crippen molar-refractivity contribution in [1.82, 2.24) is 9.29 Å².